The van der Waals surface area contributed by atoms with Gasteiger partial charge in [0.1, 0.15) is 5.82 Å². The quantitative estimate of drug-likeness (QED) is 0.853. The summed E-state index contributed by atoms with van der Waals surface area (Å²) in [5.41, 5.74) is 0.851. The number of rotatable bonds is 4. The highest BCUT2D eigenvalue weighted by molar-refractivity contribution is 7.10. The van der Waals surface area contributed by atoms with Gasteiger partial charge in [-0.2, -0.15) is 0 Å². The van der Waals surface area contributed by atoms with E-state index >= 15 is 0 Å². The van der Waals surface area contributed by atoms with Crippen LogP contribution in [0, 0.1) is 17.7 Å². The van der Waals surface area contributed by atoms with Crippen LogP contribution in [0.2, 0.25) is 0 Å². The first kappa shape index (κ1) is 15.2. The van der Waals surface area contributed by atoms with Gasteiger partial charge in [0.05, 0.1) is 18.7 Å². The number of hydrogen-bond acceptors (Lipinski definition) is 3. The van der Waals surface area contributed by atoms with Crippen molar-refractivity contribution < 1.29 is 14.3 Å². The lowest BCUT2D eigenvalue weighted by Gasteiger charge is -2.05. The maximum atomic E-state index is 13.5. The zero-order chi connectivity index (χ0) is 15.1. The molecule has 2 rings (SSSR count). The zero-order valence-corrected chi connectivity index (χ0v) is 12.0. The number of aliphatic hydroxyl groups excluding tert-OH is 1. The molecular formula is C16H14FNO2S. The molecule has 1 aromatic carbocycles. The molecule has 0 saturated heterocycles. The van der Waals surface area contributed by atoms with Gasteiger partial charge in [-0.3, -0.25) is 4.79 Å². The number of carbonyl (C=O) groups is 1. The summed E-state index contributed by atoms with van der Waals surface area (Å²) < 4.78 is 13.5. The molecule has 0 aliphatic carbocycles. The molecule has 0 radical (unpaired) electrons. The molecule has 3 nitrogen and oxygen atoms in total. The number of benzene rings is 1. The predicted octanol–water partition coefficient (Wildman–Crippen LogP) is 2.55. The molecule has 0 saturated carbocycles. The molecule has 21 heavy (non-hydrogen) atoms. The number of aliphatic hydroxyl groups is 1. The van der Waals surface area contributed by atoms with E-state index < -0.39 is 11.7 Å². The normalized spacial score (nSPS) is 9.81. The topological polar surface area (TPSA) is 49.3 Å². The van der Waals surface area contributed by atoms with Crippen LogP contribution < -0.4 is 5.32 Å². The summed E-state index contributed by atoms with van der Waals surface area (Å²) in [6.45, 7) is 0.324. The SMILES string of the molecule is O=C(NCc1sccc1C#CCCO)c1ccccc1F. The third-order valence-electron chi connectivity index (χ3n) is 2.73. The Morgan fingerprint density at radius 1 is 1.33 bits per heavy atom. The summed E-state index contributed by atoms with van der Waals surface area (Å²) in [6, 6.07) is 7.72. The molecule has 1 aromatic heterocycles. The van der Waals surface area contributed by atoms with Crippen LogP contribution in [0.15, 0.2) is 35.7 Å². The van der Waals surface area contributed by atoms with Crippen LogP contribution in [0.4, 0.5) is 4.39 Å². The zero-order valence-electron chi connectivity index (χ0n) is 11.2. The van der Waals surface area contributed by atoms with E-state index in [-0.39, 0.29) is 12.2 Å². The molecule has 2 aromatic rings. The highest BCUT2D eigenvalue weighted by Gasteiger charge is 2.11. The van der Waals surface area contributed by atoms with Crippen LogP contribution in [0.5, 0.6) is 0 Å². The summed E-state index contributed by atoms with van der Waals surface area (Å²) in [6.07, 6.45) is 0.414. The summed E-state index contributed by atoms with van der Waals surface area (Å²) in [4.78, 5) is 12.8. The second-order valence-corrected chi connectivity index (χ2v) is 5.20. The van der Waals surface area contributed by atoms with Crippen LogP contribution in [-0.2, 0) is 6.54 Å². The van der Waals surface area contributed by atoms with E-state index in [0.717, 1.165) is 10.4 Å². The van der Waals surface area contributed by atoms with Crippen molar-refractivity contribution >= 4 is 17.2 Å². The molecule has 0 aliphatic heterocycles. The predicted molar refractivity (Wildman–Crippen MR) is 80.5 cm³/mol. The van der Waals surface area contributed by atoms with E-state index in [1.807, 2.05) is 11.4 Å². The Morgan fingerprint density at radius 2 is 2.14 bits per heavy atom. The van der Waals surface area contributed by atoms with Crippen molar-refractivity contribution in [3.63, 3.8) is 0 Å². The Labute approximate surface area is 126 Å². The number of nitrogens with one attached hydrogen (secondary N) is 1. The van der Waals surface area contributed by atoms with Crippen LogP contribution in [0.25, 0.3) is 0 Å². The van der Waals surface area contributed by atoms with Crippen molar-refractivity contribution in [2.45, 2.75) is 13.0 Å². The molecular weight excluding hydrogens is 289 g/mol. The van der Waals surface area contributed by atoms with E-state index in [4.69, 9.17) is 5.11 Å². The van der Waals surface area contributed by atoms with Gasteiger partial charge in [-0.25, -0.2) is 4.39 Å². The average molecular weight is 303 g/mol. The minimum atomic E-state index is -0.538. The first-order valence-electron chi connectivity index (χ1n) is 6.41. The fourth-order valence-electron chi connectivity index (χ4n) is 1.70. The Morgan fingerprint density at radius 3 is 2.90 bits per heavy atom. The molecule has 0 atom stereocenters. The Hall–Kier alpha value is -2.16. The standard InChI is InChI=1S/C16H14FNO2S/c17-14-7-2-1-6-13(14)16(20)18-11-15-12(8-10-21-15)5-3-4-9-19/h1-2,6-8,10,19H,4,9,11H2,(H,18,20). The van der Waals surface area contributed by atoms with Crippen LogP contribution in [0.3, 0.4) is 0 Å². The van der Waals surface area contributed by atoms with Gasteiger partial charge in [-0.05, 0) is 23.6 Å². The number of hydrogen-bond donors (Lipinski definition) is 2. The molecule has 1 heterocycles. The van der Waals surface area contributed by atoms with E-state index in [1.165, 1.54) is 23.5 Å². The molecule has 0 fully saturated rings. The van der Waals surface area contributed by atoms with Gasteiger partial charge >= 0.3 is 0 Å². The maximum Gasteiger partial charge on any atom is 0.254 e. The maximum absolute atomic E-state index is 13.5. The smallest absolute Gasteiger partial charge is 0.254 e. The monoisotopic (exact) mass is 303 g/mol. The van der Waals surface area contributed by atoms with Crippen molar-refractivity contribution in [2.24, 2.45) is 0 Å². The van der Waals surface area contributed by atoms with E-state index in [9.17, 15) is 9.18 Å². The fourth-order valence-corrected chi connectivity index (χ4v) is 2.47. The summed E-state index contributed by atoms with van der Waals surface area (Å²) in [5, 5.41) is 13.3. The highest BCUT2D eigenvalue weighted by atomic mass is 32.1. The highest BCUT2D eigenvalue weighted by Crippen LogP contribution is 2.16. The van der Waals surface area contributed by atoms with Crippen LogP contribution in [-0.4, -0.2) is 17.6 Å². The van der Waals surface area contributed by atoms with Crippen molar-refractivity contribution in [3.05, 3.63) is 57.5 Å². The van der Waals surface area contributed by atoms with E-state index in [2.05, 4.69) is 17.2 Å². The van der Waals surface area contributed by atoms with Crippen molar-refractivity contribution in [1.82, 2.24) is 5.32 Å². The molecule has 1 amide bonds. The second kappa shape index (κ2) is 7.58. The number of halogens is 1. The Balaban J connectivity index is 2.01. The molecule has 108 valence electrons. The van der Waals surface area contributed by atoms with Gasteiger partial charge in [0.25, 0.3) is 5.91 Å². The summed E-state index contributed by atoms with van der Waals surface area (Å²) in [7, 11) is 0. The fraction of sp³-hybridized carbons (Fsp3) is 0.188. The van der Waals surface area contributed by atoms with E-state index in [1.54, 1.807) is 12.1 Å². The average Bonchev–Trinajstić information content (AvgIpc) is 2.93. The van der Waals surface area contributed by atoms with E-state index in [0.29, 0.717) is 13.0 Å². The van der Waals surface area contributed by atoms with Gasteiger partial charge in [0.15, 0.2) is 0 Å². The van der Waals surface area contributed by atoms with Crippen molar-refractivity contribution in [3.8, 4) is 11.8 Å². The molecule has 0 aliphatic rings. The second-order valence-electron chi connectivity index (χ2n) is 4.20. The van der Waals surface area contributed by atoms with Crippen molar-refractivity contribution in [1.29, 1.82) is 0 Å². The first-order chi connectivity index (χ1) is 10.2. The van der Waals surface area contributed by atoms with Gasteiger partial charge < -0.3 is 10.4 Å². The minimum absolute atomic E-state index is 0.0243. The minimum Gasteiger partial charge on any atom is -0.395 e. The number of amides is 1. The largest absolute Gasteiger partial charge is 0.395 e. The lowest BCUT2D eigenvalue weighted by molar-refractivity contribution is 0.0947. The lowest BCUT2D eigenvalue weighted by atomic mass is 10.2. The summed E-state index contributed by atoms with van der Waals surface area (Å²) >= 11 is 1.48. The lowest BCUT2D eigenvalue weighted by Crippen LogP contribution is -2.23. The third kappa shape index (κ3) is 4.15. The number of thiophene rings is 1. The van der Waals surface area contributed by atoms with Gasteiger partial charge in [-0.15, -0.1) is 11.3 Å². The number of carbonyl (C=O) groups excluding carboxylic acids is 1. The third-order valence-corrected chi connectivity index (χ3v) is 3.65. The van der Waals surface area contributed by atoms with Crippen LogP contribution >= 0.6 is 11.3 Å². The molecule has 2 N–H and O–H groups in total. The molecule has 0 spiro atoms. The molecule has 0 unspecified atom stereocenters. The Bertz CT molecular complexity index is 685. The van der Waals surface area contributed by atoms with Crippen molar-refractivity contribution in [2.75, 3.05) is 6.61 Å². The van der Waals surface area contributed by atoms with Gasteiger partial charge in [0, 0.05) is 16.9 Å². The first-order valence-corrected chi connectivity index (χ1v) is 7.29. The van der Waals surface area contributed by atoms with Crippen LogP contribution in [0.1, 0.15) is 27.2 Å². The Kier molecular flexibility index (Phi) is 5.50. The molecule has 0 bridgehead atoms. The van der Waals surface area contributed by atoms with Gasteiger partial charge in [0.2, 0.25) is 0 Å². The van der Waals surface area contributed by atoms with Gasteiger partial charge in [-0.1, -0.05) is 24.0 Å². The summed E-state index contributed by atoms with van der Waals surface area (Å²) in [5.74, 6) is 4.80. The molecule has 5 heteroatoms.